The van der Waals surface area contributed by atoms with Gasteiger partial charge >= 0.3 is 0 Å². The Morgan fingerprint density at radius 2 is 1.96 bits per heavy atom. The van der Waals surface area contributed by atoms with Crippen molar-refractivity contribution in [3.8, 4) is 0 Å². The minimum Gasteiger partial charge on any atom is -0.340 e. The number of anilines is 2. The number of hydrogen-bond acceptors (Lipinski definition) is 5. The maximum absolute atomic E-state index is 10.6. The molecular weight excluding hydrogens is 374 g/mol. The van der Waals surface area contributed by atoms with Crippen LogP contribution in [-0.4, -0.2) is 19.7 Å². The standard InChI is InChI=1S/C16H14BrN5O2/c17-13-9-19-21(11-13)8-7-12-1-3-14(4-2-12)20-16-6-5-15(10-18-16)22(23)24/h1-6,9-11H,7-8H2,(H,18,20). The molecule has 0 aliphatic heterocycles. The number of benzene rings is 1. The number of hydrogen-bond donors (Lipinski definition) is 1. The van der Waals surface area contributed by atoms with Gasteiger partial charge in [0.15, 0.2) is 0 Å². The minimum absolute atomic E-state index is 0.0267. The fourth-order valence-electron chi connectivity index (χ4n) is 2.17. The molecule has 1 aromatic carbocycles. The van der Waals surface area contributed by atoms with Crippen molar-refractivity contribution in [3.63, 3.8) is 0 Å². The van der Waals surface area contributed by atoms with Gasteiger partial charge in [-0.3, -0.25) is 14.8 Å². The molecule has 0 bridgehead atoms. The van der Waals surface area contributed by atoms with Crippen molar-refractivity contribution in [1.29, 1.82) is 0 Å². The topological polar surface area (TPSA) is 85.9 Å². The molecule has 2 aromatic heterocycles. The van der Waals surface area contributed by atoms with Crippen LogP contribution in [0.15, 0.2) is 59.5 Å². The maximum Gasteiger partial charge on any atom is 0.287 e. The SMILES string of the molecule is O=[N+]([O-])c1ccc(Nc2ccc(CCn3cc(Br)cn3)cc2)nc1. The lowest BCUT2D eigenvalue weighted by atomic mass is 10.1. The van der Waals surface area contributed by atoms with E-state index in [2.05, 4.69) is 31.3 Å². The van der Waals surface area contributed by atoms with Crippen LogP contribution in [0, 0.1) is 10.1 Å². The molecule has 0 aliphatic carbocycles. The molecule has 0 amide bonds. The molecule has 0 spiro atoms. The van der Waals surface area contributed by atoms with Gasteiger partial charge in [-0.1, -0.05) is 12.1 Å². The molecule has 3 rings (SSSR count). The van der Waals surface area contributed by atoms with Crippen LogP contribution in [0.1, 0.15) is 5.56 Å². The van der Waals surface area contributed by atoms with Gasteiger partial charge in [-0.05, 0) is 46.1 Å². The van der Waals surface area contributed by atoms with Crippen LogP contribution in [0.3, 0.4) is 0 Å². The summed E-state index contributed by atoms with van der Waals surface area (Å²) in [6.45, 7) is 0.808. The van der Waals surface area contributed by atoms with Crippen molar-refractivity contribution in [2.24, 2.45) is 0 Å². The molecule has 24 heavy (non-hydrogen) atoms. The predicted molar refractivity (Wildman–Crippen MR) is 94.2 cm³/mol. The highest BCUT2D eigenvalue weighted by Gasteiger charge is 2.05. The summed E-state index contributed by atoms with van der Waals surface area (Å²) in [4.78, 5) is 14.2. The number of aromatic nitrogens is 3. The number of rotatable bonds is 6. The van der Waals surface area contributed by atoms with Crippen molar-refractivity contribution in [3.05, 3.63) is 75.1 Å². The van der Waals surface area contributed by atoms with Crippen LogP contribution in [0.5, 0.6) is 0 Å². The van der Waals surface area contributed by atoms with Gasteiger partial charge in [-0.2, -0.15) is 5.10 Å². The molecule has 0 radical (unpaired) electrons. The zero-order chi connectivity index (χ0) is 16.9. The Morgan fingerprint density at radius 1 is 1.17 bits per heavy atom. The monoisotopic (exact) mass is 387 g/mol. The van der Waals surface area contributed by atoms with Gasteiger partial charge in [0.2, 0.25) is 0 Å². The largest absolute Gasteiger partial charge is 0.340 e. The smallest absolute Gasteiger partial charge is 0.287 e. The highest BCUT2D eigenvalue weighted by atomic mass is 79.9. The molecular formula is C16H14BrN5O2. The predicted octanol–water partition coefficient (Wildman–Crippen LogP) is 3.94. The summed E-state index contributed by atoms with van der Waals surface area (Å²) in [6.07, 6.45) is 5.82. The number of nitrogens with one attached hydrogen (secondary N) is 1. The molecule has 0 saturated carbocycles. The van der Waals surface area contributed by atoms with Gasteiger partial charge in [-0.15, -0.1) is 0 Å². The first-order valence-corrected chi connectivity index (χ1v) is 8.04. The van der Waals surface area contributed by atoms with Crippen LogP contribution in [0.2, 0.25) is 0 Å². The fraction of sp³-hybridized carbons (Fsp3) is 0.125. The number of halogens is 1. The summed E-state index contributed by atoms with van der Waals surface area (Å²) in [5.41, 5.74) is 2.05. The zero-order valence-electron chi connectivity index (χ0n) is 12.6. The van der Waals surface area contributed by atoms with E-state index in [1.54, 1.807) is 12.3 Å². The lowest BCUT2D eigenvalue weighted by Crippen LogP contribution is -2.01. The second-order valence-corrected chi connectivity index (χ2v) is 6.07. The quantitative estimate of drug-likeness (QED) is 0.511. The van der Waals surface area contributed by atoms with Crippen molar-refractivity contribution < 1.29 is 4.92 Å². The first-order chi connectivity index (χ1) is 11.6. The Hall–Kier alpha value is -2.74. The van der Waals surface area contributed by atoms with E-state index in [1.807, 2.05) is 35.1 Å². The first-order valence-electron chi connectivity index (χ1n) is 7.24. The number of aryl methyl sites for hydroxylation is 2. The summed E-state index contributed by atoms with van der Waals surface area (Å²) >= 11 is 3.38. The van der Waals surface area contributed by atoms with Gasteiger partial charge in [0, 0.05) is 24.5 Å². The van der Waals surface area contributed by atoms with E-state index < -0.39 is 4.92 Å². The number of nitro groups is 1. The van der Waals surface area contributed by atoms with Crippen LogP contribution < -0.4 is 5.32 Å². The van der Waals surface area contributed by atoms with Crippen molar-refractivity contribution in [1.82, 2.24) is 14.8 Å². The molecule has 2 heterocycles. The average molecular weight is 388 g/mol. The summed E-state index contributed by atoms with van der Waals surface area (Å²) in [6, 6.07) is 11.0. The van der Waals surface area contributed by atoms with Crippen LogP contribution in [0.25, 0.3) is 0 Å². The highest BCUT2D eigenvalue weighted by Crippen LogP contribution is 2.18. The van der Waals surface area contributed by atoms with Crippen LogP contribution in [-0.2, 0) is 13.0 Å². The second kappa shape index (κ2) is 7.22. The summed E-state index contributed by atoms with van der Waals surface area (Å²) < 4.78 is 2.86. The van der Waals surface area contributed by atoms with E-state index in [-0.39, 0.29) is 5.69 Å². The molecule has 3 aromatic rings. The molecule has 1 N–H and O–H groups in total. The summed E-state index contributed by atoms with van der Waals surface area (Å²) in [7, 11) is 0. The Labute approximate surface area is 146 Å². The highest BCUT2D eigenvalue weighted by molar-refractivity contribution is 9.10. The first kappa shape index (κ1) is 16.1. The lowest BCUT2D eigenvalue weighted by molar-refractivity contribution is -0.385. The van der Waals surface area contributed by atoms with Gasteiger partial charge < -0.3 is 5.32 Å². The third kappa shape index (κ3) is 4.17. The third-order valence-corrected chi connectivity index (χ3v) is 3.83. The molecule has 122 valence electrons. The van der Waals surface area contributed by atoms with E-state index in [9.17, 15) is 10.1 Å². The van der Waals surface area contributed by atoms with Crippen molar-refractivity contribution >= 4 is 33.1 Å². The van der Waals surface area contributed by atoms with E-state index in [0.717, 1.165) is 23.1 Å². The molecule has 0 aliphatic rings. The van der Waals surface area contributed by atoms with E-state index in [0.29, 0.717) is 5.82 Å². The summed E-state index contributed by atoms with van der Waals surface area (Å²) in [5.74, 6) is 0.565. The molecule has 0 atom stereocenters. The molecule has 0 saturated heterocycles. The Morgan fingerprint density at radius 3 is 2.54 bits per heavy atom. The minimum atomic E-state index is -0.469. The van der Waals surface area contributed by atoms with Gasteiger partial charge in [-0.25, -0.2) is 4.98 Å². The third-order valence-electron chi connectivity index (χ3n) is 3.42. The van der Waals surface area contributed by atoms with Crippen molar-refractivity contribution in [2.75, 3.05) is 5.32 Å². The second-order valence-electron chi connectivity index (χ2n) is 5.15. The summed E-state index contributed by atoms with van der Waals surface area (Å²) in [5, 5.41) is 18.0. The van der Waals surface area contributed by atoms with Crippen LogP contribution >= 0.6 is 15.9 Å². The van der Waals surface area contributed by atoms with Gasteiger partial charge in [0.05, 0.1) is 15.6 Å². The Bertz CT molecular complexity index is 830. The van der Waals surface area contributed by atoms with Gasteiger partial charge in [0.25, 0.3) is 5.69 Å². The maximum atomic E-state index is 10.6. The molecule has 0 fully saturated rings. The van der Waals surface area contributed by atoms with Gasteiger partial charge in [0.1, 0.15) is 12.0 Å². The van der Waals surface area contributed by atoms with E-state index in [4.69, 9.17) is 0 Å². The zero-order valence-corrected chi connectivity index (χ0v) is 14.2. The average Bonchev–Trinajstić information content (AvgIpc) is 3.00. The Balaban J connectivity index is 1.58. The molecule has 8 heteroatoms. The van der Waals surface area contributed by atoms with E-state index >= 15 is 0 Å². The lowest BCUT2D eigenvalue weighted by Gasteiger charge is -2.07. The number of nitrogens with zero attached hydrogens (tertiary/aromatic N) is 4. The van der Waals surface area contributed by atoms with Crippen LogP contribution in [0.4, 0.5) is 17.2 Å². The molecule has 0 unspecified atom stereocenters. The Kier molecular flexibility index (Phi) is 4.85. The molecule has 7 nitrogen and oxygen atoms in total. The van der Waals surface area contributed by atoms with E-state index in [1.165, 1.54) is 17.8 Å². The number of pyridine rings is 1. The normalized spacial score (nSPS) is 10.5. The fourth-order valence-corrected chi connectivity index (χ4v) is 2.50. The van der Waals surface area contributed by atoms with Crippen molar-refractivity contribution in [2.45, 2.75) is 13.0 Å².